The van der Waals surface area contributed by atoms with Crippen LogP contribution in [-0.2, 0) is 20.8 Å². The van der Waals surface area contributed by atoms with Gasteiger partial charge >= 0.3 is 0 Å². The van der Waals surface area contributed by atoms with Crippen LogP contribution in [0.1, 0.15) is 30.4 Å². The van der Waals surface area contributed by atoms with E-state index in [4.69, 9.17) is 4.74 Å². The first-order chi connectivity index (χ1) is 15.9. The van der Waals surface area contributed by atoms with Crippen molar-refractivity contribution in [3.05, 3.63) is 65.1 Å². The van der Waals surface area contributed by atoms with Crippen molar-refractivity contribution >= 4 is 29.1 Å². The molecule has 3 amide bonds. The standard InChI is InChI=1S/C24H24FN3O5/c1-2-14-9-21-20(28(7-8-29)23(31)13-33-21)11-19(14)27-24(32)18-12-26-22(30)10-17(18)15-3-5-16(25)6-4-15/h3-6,9,11-12,17,29H,2,7-8,10,13H2,1H3,(H,26,30)(H,27,32). The Kier molecular flexibility index (Phi) is 6.41. The van der Waals surface area contributed by atoms with Crippen molar-refractivity contribution in [2.24, 2.45) is 0 Å². The Morgan fingerprint density at radius 3 is 2.73 bits per heavy atom. The first kappa shape index (κ1) is 22.5. The van der Waals surface area contributed by atoms with Crippen molar-refractivity contribution in [2.45, 2.75) is 25.7 Å². The maximum absolute atomic E-state index is 13.4. The molecule has 0 saturated heterocycles. The van der Waals surface area contributed by atoms with Gasteiger partial charge < -0.3 is 25.4 Å². The number of carbonyl (C=O) groups excluding carboxylic acids is 3. The summed E-state index contributed by atoms with van der Waals surface area (Å²) in [5.41, 5.74) is 2.76. The molecule has 0 aromatic heterocycles. The van der Waals surface area contributed by atoms with E-state index in [1.807, 2.05) is 6.92 Å². The van der Waals surface area contributed by atoms with Crippen LogP contribution in [0.5, 0.6) is 5.75 Å². The molecule has 2 heterocycles. The molecular weight excluding hydrogens is 429 g/mol. The van der Waals surface area contributed by atoms with Crippen LogP contribution >= 0.6 is 0 Å². The highest BCUT2D eigenvalue weighted by atomic mass is 19.1. The van der Waals surface area contributed by atoms with Gasteiger partial charge in [-0.25, -0.2) is 4.39 Å². The van der Waals surface area contributed by atoms with E-state index in [9.17, 15) is 23.9 Å². The van der Waals surface area contributed by atoms with Gasteiger partial charge in [-0.3, -0.25) is 14.4 Å². The van der Waals surface area contributed by atoms with Gasteiger partial charge in [-0.2, -0.15) is 0 Å². The number of ether oxygens (including phenoxy) is 1. The minimum atomic E-state index is -0.530. The molecule has 2 aliphatic heterocycles. The lowest BCUT2D eigenvalue weighted by atomic mass is 9.86. The Morgan fingerprint density at radius 1 is 1.27 bits per heavy atom. The molecular formula is C24H24FN3O5. The zero-order valence-electron chi connectivity index (χ0n) is 18.1. The predicted octanol–water partition coefficient (Wildman–Crippen LogP) is 2.23. The van der Waals surface area contributed by atoms with E-state index < -0.39 is 17.6 Å². The van der Waals surface area contributed by atoms with Crippen LogP contribution in [0, 0.1) is 5.82 Å². The van der Waals surface area contributed by atoms with Gasteiger partial charge in [0, 0.05) is 36.3 Å². The summed E-state index contributed by atoms with van der Waals surface area (Å²) in [5.74, 6) is -1.37. The van der Waals surface area contributed by atoms with Crippen LogP contribution in [-0.4, -0.2) is 42.6 Å². The quantitative estimate of drug-likeness (QED) is 0.622. The molecule has 0 radical (unpaired) electrons. The Hall–Kier alpha value is -3.72. The second kappa shape index (κ2) is 9.41. The SMILES string of the molecule is CCc1cc2c(cc1NC(=O)C1=CNC(=O)CC1c1ccc(F)cc1)N(CCO)C(=O)CO2. The molecule has 2 aromatic carbocycles. The number of amides is 3. The van der Waals surface area contributed by atoms with Crippen molar-refractivity contribution in [2.75, 3.05) is 30.0 Å². The molecule has 0 saturated carbocycles. The molecule has 9 heteroatoms. The first-order valence-corrected chi connectivity index (χ1v) is 10.7. The lowest BCUT2D eigenvalue weighted by Crippen LogP contribution is -2.40. The first-order valence-electron chi connectivity index (χ1n) is 10.7. The van der Waals surface area contributed by atoms with Crippen LogP contribution in [0.25, 0.3) is 0 Å². The summed E-state index contributed by atoms with van der Waals surface area (Å²) in [6.45, 7) is 1.71. The number of β-amino-alcohol motifs (C(OH)–C–C–N with tert-alkyl or cyclic N) is 1. The summed E-state index contributed by atoms with van der Waals surface area (Å²) in [5, 5.41) is 14.8. The number of benzene rings is 2. The number of hydrogen-bond acceptors (Lipinski definition) is 5. The van der Waals surface area contributed by atoms with E-state index in [-0.39, 0.29) is 38.0 Å². The number of nitrogens with zero attached hydrogens (tertiary/aromatic N) is 1. The molecule has 2 aliphatic rings. The van der Waals surface area contributed by atoms with Crippen LogP contribution in [0.2, 0.25) is 0 Å². The average molecular weight is 453 g/mol. The Bertz CT molecular complexity index is 1130. The molecule has 1 atom stereocenters. The van der Waals surface area contributed by atoms with Crippen LogP contribution in [0.3, 0.4) is 0 Å². The molecule has 3 N–H and O–H groups in total. The lowest BCUT2D eigenvalue weighted by Gasteiger charge is -2.30. The van der Waals surface area contributed by atoms with Crippen LogP contribution in [0.15, 0.2) is 48.2 Å². The van der Waals surface area contributed by atoms with E-state index in [0.29, 0.717) is 34.7 Å². The van der Waals surface area contributed by atoms with Crippen molar-refractivity contribution in [3.63, 3.8) is 0 Å². The fourth-order valence-corrected chi connectivity index (χ4v) is 4.07. The van der Waals surface area contributed by atoms with E-state index in [1.54, 1.807) is 24.3 Å². The average Bonchev–Trinajstić information content (AvgIpc) is 2.81. The third-order valence-corrected chi connectivity index (χ3v) is 5.77. The number of anilines is 2. The topological polar surface area (TPSA) is 108 Å². The molecule has 33 heavy (non-hydrogen) atoms. The summed E-state index contributed by atoms with van der Waals surface area (Å²) in [4.78, 5) is 39.0. The number of rotatable bonds is 6. The summed E-state index contributed by atoms with van der Waals surface area (Å²) in [6, 6.07) is 9.15. The zero-order chi connectivity index (χ0) is 23.5. The Morgan fingerprint density at radius 2 is 2.03 bits per heavy atom. The van der Waals surface area contributed by atoms with Gasteiger partial charge in [0.05, 0.1) is 12.3 Å². The van der Waals surface area contributed by atoms with Crippen molar-refractivity contribution in [3.8, 4) is 5.75 Å². The molecule has 2 aromatic rings. The second-order valence-electron chi connectivity index (χ2n) is 7.82. The summed E-state index contributed by atoms with van der Waals surface area (Å²) < 4.78 is 18.9. The fourth-order valence-electron chi connectivity index (χ4n) is 4.07. The number of hydrogen-bond donors (Lipinski definition) is 3. The minimum Gasteiger partial charge on any atom is -0.482 e. The zero-order valence-corrected chi connectivity index (χ0v) is 18.1. The maximum atomic E-state index is 13.4. The molecule has 0 spiro atoms. The number of aliphatic hydroxyl groups is 1. The van der Waals surface area contributed by atoms with Crippen molar-refractivity contribution in [1.82, 2.24) is 5.32 Å². The van der Waals surface area contributed by atoms with Crippen LogP contribution < -0.4 is 20.3 Å². The van der Waals surface area contributed by atoms with Crippen molar-refractivity contribution in [1.29, 1.82) is 0 Å². The number of aryl methyl sites for hydroxylation is 1. The third kappa shape index (κ3) is 4.58. The van der Waals surface area contributed by atoms with E-state index >= 15 is 0 Å². The molecule has 0 bridgehead atoms. The molecule has 8 nitrogen and oxygen atoms in total. The second-order valence-corrected chi connectivity index (χ2v) is 7.82. The summed E-state index contributed by atoms with van der Waals surface area (Å²) in [6.07, 6.45) is 2.03. The third-order valence-electron chi connectivity index (χ3n) is 5.77. The molecule has 1 unspecified atom stereocenters. The van der Waals surface area contributed by atoms with Gasteiger partial charge in [0.1, 0.15) is 11.6 Å². The highest BCUT2D eigenvalue weighted by Gasteiger charge is 2.31. The van der Waals surface area contributed by atoms with Crippen LogP contribution in [0.4, 0.5) is 15.8 Å². The van der Waals surface area contributed by atoms with Gasteiger partial charge in [-0.05, 0) is 41.8 Å². The minimum absolute atomic E-state index is 0.0579. The van der Waals surface area contributed by atoms with Gasteiger partial charge in [0.2, 0.25) is 5.91 Å². The molecule has 4 rings (SSSR count). The Balaban J connectivity index is 1.66. The molecule has 0 aliphatic carbocycles. The van der Waals surface area contributed by atoms with Gasteiger partial charge in [-0.1, -0.05) is 19.1 Å². The lowest BCUT2D eigenvalue weighted by molar-refractivity contribution is -0.122. The number of carbonyl (C=O) groups is 3. The largest absolute Gasteiger partial charge is 0.482 e. The highest BCUT2D eigenvalue weighted by Crippen LogP contribution is 2.38. The van der Waals surface area contributed by atoms with Gasteiger partial charge in [0.25, 0.3) is 11.8 Å². The number of halogens is 1. The highest BCUT2D eigenvalue weighted by molar-refractivity contribution is 6.07. The van der Waals surface area contributed by atoms with Gasteiger partial charge in [-0.15, -0.1) is 0 Å². The summed E-state index contributed by atoms with van der Waals surface area (Å²) >= 11 is 0. The molecule has 0 fully saturated rings. The predicted molar refractivity (Wildman–Crippen MR) is 119 cm³/mol. The number of aliphatic hydroxyl groups excluding tert-OH is 1. The maximum Gasteiger partial charge on any atom is 0.265 e. The van der Waals surface area contributed by atoms with Gasteiger partial charge in [0.15, 0.2) is 6.61 Å². The summed E-state index contributed by atoms with van der Waals surface area (Å²) in [7, 11) is 0. The Labute approximate surface area is 190 Å². The number of nitrogens with one attached hydrogen (secondary N) is 2. The van der Waals surface area contributed by atoms with E-state index in [0.717, 1.165) is 5.56 Å². The molecule has 172 valence electrons. The monoisotopic (exact) mass is 453 g/mol. The van der Waals surface area contributed by atoms with E-state index in [1.165, 1.54) is 23.2 Å². The normalized spacial score (nSPS) is 17.6. The smallest absolute Gasteiger partial charge is 0.265 e. The van der Waals surface area contributed by atoms with E-state index in [2.05, 4.69) is 10.6 Å². The fraction of sp³-hybridized carbons (Fsp3) is 0.292. The number of fused-ring (bicyclic) bond motifs is 1. The van der Waals surface area contributed by atoms with Crippen molar-refractivity contribution < 1.29 is 28.6 Å².